The highest BCUT2D eigenvalue weighted by Crippen LogP contribution is 2.48. The molecule has 0 spiro atoms. The molecule has 0 fully saturated rings. The minimum atomic E-state index is 0.642. The van der Waals surface area contributed by atoms with Crippen molar-refractivity contribution in [2.75, 3.05) is 13.2 Å². The van der Waals surface area contributed by atoms with Crippen LogP contribution in [0.3, 0.4) is 0 Å². The number of benzene rings is 1. The van der Waals surface area contributed by atoms with Gasteiger partial charge in [-0.3, -0.25) is 0 Å². The first-order chi connectivity index (χ1) is 7.86. The van der Waals surface area contributed by atoms with Crippen LogP contribution in [0.5, 0.6) is 11.5 Å². The van der Waals surface area contributed by atoms with Crippen LogP contribution in [0, 0.1) is 6.92 Å². The summed E-state index contributed by atoms with van der Waals surface area (Å²) in [5, 5.41) is 0. The predicted octanol–water partition coefficient (Wildman–Crippen LogP) is 3.49. The molecule has 0 atom stereocenters. The second kappa shape index (κ2) is 3.83. The standard InChI is InChI=1S/C13H12O2S/c1-9-11-12(15-8-7-14-11)13(16-9)10-5-3-2-4-6-10/h2-6H,7-8H2,1H3. The van der Waals surface area contributed by atoms with Gasteiger partial charge in [-0.15, -0.1) is 11.3 Å². The zero-order valence-corrected chi connectivity index (χ0v) is 9.84. The summed E-state index contributed by atoms with van der Waals surface area (Å²) in [7, 11) is 0. The molecule has 0 saturated heterocycles. The zero-order valence-electron chi connectivity index (χ0n) is 9.03. The number of hydrogen-bond acceptors (Lipinski definition) is 3. The Bertz CT molecular complexity index is 502. The van der Waals surface area contributed by atoms with Crippen molar-refractivity contribution in [3.63, 3.8) is 0 Å². The summed E-state index contributed by atoms with van der Waals surface area (Å²) in [5.74, 6) is 1.84. The van der Waals surface area contributed by atoms with Crippen LogP contribution in [0.25, 0.3) is 10.4 Å². The molecule has 0 amide bonds. The molecule has 16 heavy (non-hydrogen) atoms. The smallest absolute Gasteiger partial charge is 0.180 e. The fourth-order valence-corrected chi connectivity index (χ4v) is 2.92. The van der Waals surface area contributed by atoms with Crippen molar-refractivity contribution in [3.8, 4) is 21.9 Å². The van der Waals surface area contributed by atoms with Crippen LogP contribution < -0.4 is 9.47 Å². The van der Waals surface area contributed by atoms with Gasteiger partial charge in [0, 0.05) is 4.88 Å². The molecule has 1 aliphatic heterocycles. The molecule has 2 aromatic rings. The van der Waals surface area contributed by atoms with Gasteiger partial charge in [-0.05, 0) is 12.5 Å². The van der Waals surface area contributed by atoms with Gasteiger partial charge in [0.1, 0.15) is 13.2 Å². The Kier molecular flexibility index (Phi) is 2.33. The highest BCUT2D eigenvalue weighted by Gasteiger charge is 2.22. The number of aryl methyl sites for hydroxylation is 1. The van der Waals surface area contributed by atoms with Crippen LogP contribution in [-0.2, 0) is 0 Å². The van der Waals surface area contributed by atoms with Crippen molar-refractivity contribution in [1.82, 2.24) is 0 Å². The lowest BCUT2D eigenvalue weighted by Crippen LogP contribution is -2.14. The van der Waals surface area contributed by atoms with E-state index in [1.807, 2.05) is 18.2 Å². The molecule has 1 aromatic carbocycles. The molecular formula is C13H12O2S. The van der Waals surface area contributed by atoms with E-state index in [2.05, 4.69) is 19.1 Å². The van der Waals surface area contributed by atoms with E-state index in [-0.39, 0.29) is 0 Å². The molecule has 1 aromatic heterocycles. The number of fused-ring (bicyclic) bond motifs is 1. The van der Waals surface area contributed by atoms with Crippen molar-refractivity contribution < 1.29 is 9.47 Å². The maximum atomic E-state index is 5.72. The van der Waals surface area contributed by atoms with Crippen molar-refractivity contribution in [2.45, 2.75) is 6.92 Å². The van der Waals surface area contributed by atoms with Crippen molar-refractivity contribution in [1.29, 1.82) is 0 Å². The lowest BCUT2D eigenvalue weighted by molar-refractivity contribution is 0.173. The first-order valence-electron chi connectivity index (χ1n) is 5.30. The summed E-state index contributed by atoms with van der Waals surface area (Å²) in [6.07, 6.45) is 0. The van der Waals surface area contributed by atoms with E-state index in [1.165, 1.54) is 15.3 Å². The summed E-state index contributed by atoms with van der Waals surface area (Å²) in [5.41, 5.74) is 1.20. The van der Waals surface area contributed by atoms with E-state index in [4.69, 9.17) is 9.47 Å². The van der Waals surface area contributed by atoms with E-state index in [0.29, 0.717) is 13.2 Å². The average molecular weight is 232 g/mol. The Labute approximate surface area is 98.4 Å². The van der Waals surface area contributed by atoms with Crippen LogP contribution in [0.4, 0.5) is 0 Å². The van der Waals surface area contributed by atoms with Crippen molar-refractivity contribution in [3.05, 3.63) is 35.2 Å². The Hall–Kier alpha value is -1.48. The van der Waals surface area contributed by atoms with E-state index in [9.17, 15) is 0 Å². The molecule has 0 aliphatic carbocycles. The lowest BCUT2D eigenvalue weighted by atomic mass is 10.2. The third-order valence-electron chi connectivity index (χ3n) is 2.60. The number of thiophene rings is 1. The molecule has 0 saturated carbocycles. The molecule has 0 N–H and O–H groups in total. The third kappa shape index (κ3) is 1.48. The summed E-state index contributed by atoms with van der Waals surface area (Å²) in [6.45, 7) is 3.37. The highest BCUT2D eigenvalue weighted by atomic mass is 32.1. The normalized spacial score (nSPS) is 13.8. The second-order valence-corrected chi connectivity index (χ2v) is 4.93. The van der Waals surface area contributed by atoms with Gasteiger partial charge in [0.2, 0.25) is 0 Å². The summed E-state index contributed by atoms with van der Waals surface area (Å²) in [6, 6.07) is 10.3. The van der Waals surface area contributed by atoms with Gasteiger partial charge in [0.05, 0.1) is 4.88 Å². The molecule has 82 valence electrons. The quantitative estimate of drug-likeness (QED) is 0.749. The van der Waals surface area contributed by atoms with Crippen LogP contribution >= 0.6 is 11.3 Å². The molecular weight excluding hydrogens is 220 g/mol. The van der Waals surface area contributed by atoms with Crippen LogP contribution in [-0.4, -0.2) is 13.2 Å². The molecule has 0 radical (unpaired) electrons. The Balaban J connectivity index is 2.15. The van der Waals surface area contributed by atoms with E-state index in [1.54, 1.807) is 11.3 Å². The van der Waals surface area contributed by atoms with Crippen LogP contribution in [0.2, 0.25) is 0 Å². The number of hydrogen-bond donors (Lipinski definition) is 0. The minimum Gasteiger partial charge on any atom is -0.485 e. The number of rotatable bonds is 1. The van der Waals surface area contributed by atoms with E-state index < -0.39 is 0 Å². The largest absolute Gasteiger partial charge is 0.485 e. The molecule has 3 rings (SSSR count). The van der Waals surface area contributed by atoms with Crippen molar-refractivity contribution >= 4 is 11.3 Å². The van der Waals surface area contributed by atoms with Gasteiger partial charge in [-0.2, -0.15) is 0 Å². The SMILES string of the molecule is Cc1sc(-c2ccccc2)c2c1OCCO2. The Morgan fingerprint density at radius 1 is 1.00 bits per heavy atom. The lowest BCUT2D eigenvalue weighted by Gasteiger charge is -2.16. The molecule has 3 heteroatoms. The van der Waals surface area contributed by atoms with Gasteiger partial charge >= 0.3 is 0 Å². The van der Waals surface area contributed by atoms with Gasteiger partial charge in [0.15, 0.2) is 11.5 Å². The first kappa shape index (κ1) is 9.73. The summed E-state index contributed by atoms with van der Waals surface area (Å²) >= 11 is 1.73. The monoisotopic (exact) mass is 232 g/mol. The fourth-order valence-electron chi connectivity index (χ4n) is 1.87. The summed E-state index contributed by atoms with van der Waals surface area (Å²) in [4.78, 5) is 2.36. The van der Waals surface area contributed by atoms with Gasteiger partial charge < -0.3 is 9.47 Å². The zero-order chi connectivity index (χ0) is 11.0. The second-order valence-electron chi connectivity index (χ2n) is 3.71. The summed E-state index contributed by atoms with van der Waals surface area (Å²) < 4.78 is 11.4. The maximum Gasteiger partial charge on any atom is 0.180 e. The van der Waals surface area contributed by atoms with Crippen LogP contribution in [0.15, 0.2) is 30.3 Å². The molecule has 1 aliphatic rings. The van der Waals surface area contributed by atoms with Crippen molar-refractivity contribution in [2.24, 2.45) is 0 Å². The fraction of sp³-hybridized carbons (Fsp3) is 0.231. The highest BCUT2D eigenvalue weighted by molar-refractivity contribution is 7.16. The van der Waals surface area contributed by atoms with E-state index in [0.717, 1.165) is 11.5 Å². The Morgan fingerprint density at radius 3 is 2.44 bits per heavy atom. The topological polar surface area (TPSA) is 18.5 Å². The van der Waals surface area contributed by atoms with Gasteiger partial charge in [-0.1, -0.05) is 30.3 Å². The minimum absolute atomic E-state index is 0.642. The van der Waals surface area contributed by atoms with Gasteiger partial charge in [-0.25, -0.2) is 0 Å². The van der Waals surface area contributed by atoms with Gasteiger partial charge in [0.25, 0.3) is 0 Å². The average Bonchev–Trinajstić information content (AvgIpc) is 2.69. The number of ether oxygens (including phenoxy) is 2. The third-order valence-corrected chi connectivity index (χ3v) is 3.72. The molecule has 0 bridgehead atoms. The van der Waals surface area contributed by atoms with Crippen LogP contribution in [0.1, 0.15) is 4.88 Å². The molecule has 0 unspecified atom stereocenters. The molecule has 2 heterocycles. The maximum absolute atomic E-state index is 5.72. The Morgan fingerprint density at radius 2 is 1.69 bits per heavy atom. The first-order valence-corrected chi connectivity index (χ1v) is 6.12. The van der Waals surface area contributed by atoms with E-state index >= 15 is 0 Å². The molecule has 2 nitrogen and oxygen atoms in total. The predicted molar refractivity (Wildman–Crippen MR) is 65.5 cm³/mol.